The largest absolute Gasteiger partial charge is 0.421 e. The highest BCUT2D eigenvalue weighted by Crippen LogP contribution is 2.41. The average Bonchev–Trinajstić information content (AvgIpc) is 3.20. The monoisotopic (exact) mass is 380 g/mol. The number of fused-ring (bicyclic) bond motifs is 3. The number of aliphatic hydroxyl groups is 1. The molecule has 2 aromatic heterocycles. The van der Waals surface area contributed by atoms with E-state index in [1.54, 1.807) is 17.9 Å². The van der Waals surface area contributed by atoms with Gasteiger partial charge in [-0.05, 0) is 6.07 Å². The Morgan fingerprint density at radius 1 is 1.44 bits per heavy atom. The molecule has 1 amide bonds. The van der Waals surface area contributed by atoms with Crippen molar-refractivity contribution in [3.63, 3.8) is 0 Å². The molecule has 0 fully saturated rings. The zero-order valence-electron chi connectivity index (χ0n) is 13.3. The van der Waals surface area contributed by atoms with E-state index in [0.717, 1.165) is 16.6 Å². The molecule has 3 aromatic rings. The molecule has 1 aliphatic rings. The number of amides is 1. The van der Waals surface area contributed by atoms with Crippen LogP contribution in [0.4, 0.5) is 0 Å². The number of rotatable bonds is 2. The number of carbonyl (C=O) groups is 1. The predicted molar refractivity (Wildman–Crippen MR) is 92.6 cm³/mol. The molecule has 2 N–H and O–H groups in total. The Bertz CT molecular complexity index is 995. The van der Waals surface area contributed by atoms with E-state index in [9.17, 15) is 4.79 Å². The Balaban J connectivity index is 1.96. The highest BCUT2D eigenvalue weighted by molar-refractivity contribution is 6.45. The van der Waals surface area contributed by atoms with Crippen LogP contribution >= 0.6 is 23.2 Å². The third kappa shape index (κ3) is 2.59. The van der Waals surface area contributed by atoms with Crippen LogP contribution in [-0.4, -0.2) is 44.2 Å². The lowest BCUT2D eigenvalue weighted by Gasteiger charge is -2.26. The molecule has 0 saturated heterocycles. The minimum Gasteiger partial charge on any atom is -0.421 e. The smallest absolute Gasteiger partial charge is 0.248 e. The third-order valence-corrected chi connectivity index (χ3v) is 5.17. The molecule has 0 radical (unpaired) electrons. The molecule has 0 bridgehead atoms. The number of hydrogen-bond acceptors (Lipinski definition) is 5. The number of carbonyl (C=O) groups excluding carboxylic acids is 1. The van der Waals surface area contributed by atoms with Crippen LogP contribution in [0.3, 0.4) is 0 Å². The molecule has 9 heteroatoms. The normalized spacial score (nSPS) is 14.2. The average molecular weight is 381 g/mol. The van der Waals surface area contributed by atoms with Gasteiger partial charge in [0.05, 0.1) is 21.1 Å². The molecular weight excluding hydrogens is 367 g/mol. The third-order valence-electron chi connectivity index (χ3n) is 4.39. The molecular formula is C16H14Cl2N4O3. The summed E-state index contributed by atoms with van der Waals surface area (Å²) >= 11 is 12.7. The van der Waals surface area contributed by atoms with Gasteiger partial charge in [0.1, 0.15) is 6.61 Å². The highest BCUT2D eigenvalue weighted by Gasteiger charge is 2.28. The van der Waals surface area contributed by atoms with Crippen molar-refractivity contribution in [2.75, 3.05) is 13.2 Å². The molecule has 3 heterocycles. The van der Waals surface area contributed by atoms with Crippen LogP contribution in [0.2, 0.25) is 10.0 Å². The molecule has 130 valence electrons. The van der Waals surface area contributed by atoms with Crippen molar-refractivity contribution in [2.24, 2.45) is 0 Å². The van der Waals surface area contributed by atoms with Gasteiger partial charge < -0.3 is 19.4 Å². The Kier molecular flexibility index (Phi) is 3.94. The summed E-state index contributed by atoms with van der Waals surface area (Å²) < 4.78 is 5.57. The lowest BCUT2D eigenvalue weighted by atomic mass is 10.0. The lowest BCUT2D eigenvalue weighted by molar-refractivity contribution is -0.135. The van der Waals surface area contributed by atoms with Crippen molar-refractivity contribution in [2.45, 2.75) is 19.9 Å². The van der Waals surface area contributed by atoms with E-state index in [0.29, 0.717) is 52.4 Å². The Morgan fingerprint density at radius 2 is 2.24 bits per heavy atom. The number of halogens is 2. The van der Waals surface area contributed by atoms with E-state index >= 15 is 0 Å². The van der Waals surface area contributed by atoms with Crippen LogP contribution < -0.4 is 0 Å². The molecule has 0 saturated carbocycles. The molecule has 7 nitrogen and oxygen atoms in total. The second kappa shape index (κ2) is 6.01. The summed E-state index contributed by atoms with van der Waals surface area (Å²) in [7, 11) is 0. The van der Waals surface area contributed by atoms with Gasteiger partial charge in [0.15, 0.2) is 0 Å². The van der Waals surface area contributed by atoms with Gasteiger partial charge in [0.25, 0.3) is 0 Å². The van der Waals surface area contributed by atoms with Gasteiger partial charge in [-0.25, -0.2) is 0 Å². The van der Waals surface area contributed by atoms with E-state index in [4.69, 9.17) is 32.7 Å². The van der Waals surface area contributed by atoms with Gasteiger partial charge in [-0.1, -0.05) is 23.2 Å². The molecule has 4 rings (SSSR count). The minimum atomic E-state index is -0.514. The second-order valence-electron chi connectivity index (χ2n) is 5.90. The van der Waals surface area contributed by atoms with Crippen molar-refractivity contribution in [1.29, 1.82) is 0 Å². The SMILES string of the molecule is Cc1nnc(-c2cc(Cl)c(Cl)c3[nH]c4c(c23)CN(C(=O)CO)CC4)o1. The summed E-state index contributed by atoms with van der Waals surface area (Å²) in [6, 6.07) is 1.69. The number of nitrogens with one attached hydrogen (secondary N) is 1. The minimum absolute atomic E-state index is 0.310. The Labute approximate surface area is 152 Å². The molecule has 0 atom stereocenters. The molecule has 1 aromatic carbocycles. The first kappa shape index (κ1) is 16.4. The maximum Gasteiger partial charge on any atom is 0.248 e. The van der Waals surface area contributed by atoms with E-state index in [1.807, 2.05) is 0 Å². The van der Waals surface area contributed by atoms with Crippen LogP contribution in [0.25, 0.3) is 22.4 Å². The van der Waals surface area contributed by atoms with Crippen molar-refractivity contribution < 1.29 is 14.3 Å². The lowest BCUT2D eigenvalue weighted by Crippen LogP contribution is -2.37. The number of benzene rings is 1. The van der Waals surface area contributed by atoms with Gasteiger partial charge in [0.2, 0.25) is 17.7 Å². The fourth-order valence-electron chi connectivity index (χ4n) is 3.23. The summed E-state index contributed by atoms with van der Waals surface area (Å²) in [4.78, 5) is 16.8. The molecule has 0 unspecified atom stereocenters. The fourth-order valence-corrected chi connectivity index (χ4v) is 3.63. The van der Waals surface area contributed by atoms with Crippen LogP contribution in [0.15, 0.2) is 10.5 Å². The van der Waals surface area contributed by atoms with Gasteiger partial charge in [-0.15, -0.1) is 10.2 Å². The first-order valence-corrected chi connectivity index (χ1v) is 8.45. The zero-order chi connectivity index (χ0) is 17.7. The van der Waals surface area contributed by atoms with Crippen molar-refractivity contribution in [3.8, 4) is 11.5 Å². The first-order valence-electron chi connectivity index (χ1n) is 7.70. The quantitative estimate of drug-likeness (QED) is 0.712. The second-order valence-corrected chi connectivity index (χ2v) is 6.69. The predicted octanol–water partition coefficient (Wildman–Crippen LogP) is 2.71. The molecule has 0 aliphatic carbocycles. The van der Waals surface area contributed by atoms with Crippen LogP contribution in [0.1, 0.15) is 17.1 Å². The highest BCUT2D eigenvalue weighted by atomic mass is 35.5. The number of aliphatic hydroxyl groups excluding tert-OH is 1. The van der Waals surface area contributed by atoms with Crippen molar-refractivity contribution >= 4 is 40.0 Å². The number of aromatic nitrogens is 3. The number of hydrogen-bond donors (Lipinski definition) is 2. The number of aromatic amines is 1. The van der Waals surface area contributed by atoms with E-state index < -0.39 is 6.61 Å². The summed E-state index contributed by atoms with van der Waals surface area (Å²) in [6.07, 6.45) is 0.631. The zero-order valence-corrected chi connectivity index (χ0v) is 14.8. The van der Waals surface area contributed by atoms with Gasteiger partial charge in [-0.3, -0.25) is 4.79 Å². The van der Waals surface area contributed by atoms with Crippen LogP contribution in [0, 0.1) is 6.92 Å². The summed E-state index contributed by atoms with van der Waals surface area (Å²) in [5, 5.41) is 18.7. The van der Waals surface area contributed by atoms with Crippen molar-refractivity contribution in [3.05, 3.63) is 33.3 Å². The first-order chi connectivity index (χ1) is 12.0. The van der Waals surface area contributed by atoms with Crippen molar-refractivity contribution in [1.82, 2.24) is 20.1 Å². The van der Waals surface area contributed by atoms with Crippen LogP contribution in [-0.2, 0) is 17.8 Å². The molecule has 0 spiro atoms. The van der Waals surface area contributed by atoms with E-state index in [1.165, 1.54) is 0 Å². The number of aryl methyl sites for hydroxylation is 1. The Morgan fingerprint density at radius 3 is 2.92 bits per heavy atom. The standard InChI is InChI=1S/C16H14Cl2N4O3/c1-7-20-21-16(25-7)8-4-10(17)14(18)15-13(8)9-5-22(12(24)6-23)3-2-11(9)19-15/h4,19,23H,2-3,5-6H2,1H3. The number of nitrogens with zero attached hydrogens (tertiary/aromatic N) is 3. The van der Waals surface area contributed by atoms with Gasteiger partial charge in [-0.2, -0.15) is 0 Å². The topological polar surface area (TPSA) is 95.2 Å². The van der Waals surface area contributed by atoms with Gasteiger partial charge >= 0.3 is 0 Å². The summed E-state index contributed by atoms with van der Waals surface area (Å²) in [6.45, 7) is 2.09. The number of H-pyrrole nitrogens is 1. The maximum absolute atomic E-state index is 11.9. The van der Waals surface area contributed by atoms with E-state index in [-0.39, 0.29) is 5.91 Å². The Hall–Kier alpha value is -2.09. The molecule has 1 aliphatic heterocycles. The summed E-state index contributed by atoms with van der Waals surface area (Å²) in [5.74, 6) is 0.472. The van der Waals surface area contributed by atoms with Crippen LogP contribution in [0.5, 0.6) is 0 Å². The van der Waals surface area contributed by atoms with E-state index in [2.05, 4.69) is 15.2 Å². The maximum atomic E-state index is 11.9. The summed E-state index contributed by atoms with van der Waals surface area (Å²) in [5.41, 5.74) is 3.26. The van der Waals surface area contributed by atoms with Gasteiger partial charge in [0, 0.05) is 43.1 Å². The fraction of sp³-hybridized carbons (Fsp3) is 0.312. The molecule has 25 heavy (non-hydrogen) atoms.